The molecule has 3 heteroatoms. The Morgan fingerprint density at radius 1 is 1.24 bits per heavy atom. The molecule has 1 saturated heterocycles. The van der Waals surface area contributed by atoms with Gasteiger partial charge in [0, 0.05) is 12.1 Å². The Labute approximate surface area is 101 Å². The van der Waals surface area contributed by atoms with E-state index in [-0.39, 0.29) is 0 Å². The maximum absolute atomic E-state index is 5.44. The first-order valence-corrected chi connectivity index (χ1v) is 6.10. The van der Waals surface area contributed by atoms with E-state index in [9.17, 15) is 0 Å². The highest BCUT2D eigenvalue weighted by Gasteiger charge is 2.10. The fourth-order valence-electron chi connectivity index (χ4n) is 2.18. The summed E-state index contributed by atoms with van der Waals surface area (Å²) in [5.41, 5.74) is 3.81. The molecule has 0 atom stereocenters. The van der Waals surface area contributed by atoms with Crippen LogP contribution < -0.4 is 5.32 Å². The zero-order valence-corrected chi connectivity index (χ0v) is 9.78. The van der Waals surface area contributed by atoms with Gasteiger partial charge in [0.25, 0.3) is 0 Å². The van der Waals surface area contributed by atoms with Crippen molar-refractivity contribution >= 4 is 12.0 Å². The number of hydrogen-bond donors (Lipinski definition) is 1. The summed E-state index contributed by atoms with van der Waals surface area (Å²) in [5, 5.41) is 3.34. The molecule has 0 amide bonds. The van der Waals surface area contributed by atoms with Gasteiger partial charge in [-0.1, -0.05) is 23.8 Å². The number of nitrogens with one attached hydrogen (secondary N) is 1. The van der Waals surface area contributed by atoms with E-state index in [0.29, 0.717) is 6.61 Å². The normalized spacial score (nSPS) is 21.6. The van der Waals surface area contributed by atoms with Gasteiger partial charge < -0.3 is 10.1 Å². The Morgan fingerprint density at radius 2 is 2.12 bits per heavy atom. The van der Waals surface area contributed by atoms with Crippen LogP contribution in [0.3, 0.4) is 0 Å². The van der Waals surface area contributed by atoms with Gasteiger partial charge in [-0.05, 0) is 30.7 Å². The van der Waals surface area contributed by atoms with Crippen LogP contribution in [0.2, 0.25) is 0 Å². The van der Waals surface area contributed by atoms with E-state index in [2.05, 4.69) is 40.7 Å². The van der Waals surface area contributed by atoms with E-state index in [4.69, 9.17) is 4.74 Å². The van der Waals surface area contributed by atoms with Crippen LogP contribution in [-0.4, -0.2) is 32.1 Å². The van der Waals surface area contributed by atoms with Crippen molar-refractivity contribution in [3.05, 3.63) is 41.0 Å². The van der Waals surface area contributed by atoms with Crippen molar-refractivity contribution in [1.82, 2.24) is 5.32 Å². The van der Waals surface area contributed by atoms with Crippen molar-refractivity contribution in [3.8, 4) is 0 Å². The molecule has 3 nitrogen and oxygen atoms in total. The van der Waals surface area contributed by atoms with Crippen molar-refractivity contribution in [2.45, 2.75) is 6.42 Å². The molecule has 0 spiro atoms. The largest absolute Gasteiger partial charge is 0.476 e. The summed E-state index contributed by atoms with van der Waals surface area (Å²) in [6.07, 6.45) is 3.43. The number of hydrogen-bond acceptors (Lipinski definition) is 3. The van der Waals surface area contributed by atoms with Crippen LogP contribution in [0, 0.1) is 0 Å². The van der Waals surface area contributed by atoms with Crippen LogP contribution in [0.1, 0.15) is 17.5 Å². The summed E-state index contributed by atoms with van der Waals surface area (Å²) in [5.74, 6) is 0.784. The zero-order chi connectivity index (χ0) is 11.5. The Hall–Kier alpha value is -1.61. The van der Waals surface area contributed by atoms with Crippen molar-refractivity contribution in [1.29, 1.82) is 0 Å². The first kappa shape index (κ1) is 10.5. The van der Waals surface area contributed by atoms with Crippen LogP contribution in [-0.2, 0) is 4.74 Å². The van der Waals surface area contributed by atoms with E-state index in [1.807, 2.05) is 0 Å². The van der Waals surface area contributed by atoms with Crippen molar-refractivity contribution < 1.29 is 4.74 Å². The Kier molecular flexibility index (Phi) is 2.92. The van der Waals surface area contributed by atoms with Crippen molar-refractivity contribution in [2.24, 2.45) is 4.99 Å². The van der Waals surface area contributed by atoms with Crippen LogP contribution >= 0.6 is 0 Å². The van der Waals surface area contributed by atoms with E-state index in [1.54, 1.807) is 0 Å². The standard InChI is InChI=1S/C14H16N2O/c1-3-13(14-16-7-8-17-14)4-2-11(1)9-12-5-6-15-10-12/h1-4,9,15H,5-8,10H2. The average molecular weight is 228 g/mol. The zero-order valence-electron chi connectivity index (χ0n) is 9.78. The molecule has 1 fully saturated rings. The van der Waals surface area contributed by atoms with Gasteiger partial charge in [-0.25, -0.2) is 4.99 Å². The molecule has 0 bridgehead atoms. The summed E-state index contributed by atoms with van der Waals surface area (Å²) >= 11 is 0. The van der Waals surface area contributed by atoms with Gasteiger partial charge in [-0.15, -0.1) is 0 Å². The first-order chi connectivity index (χ1) is 8.42. The van der Waals surface area contributed by atoms with Gasteiger partial charge in [0.1, 0.15) is 6.61 Å². The van der Waals surface area contributed by atoms with Crippen LogP contribution in [0.5, 0.6) is 0 Å². The summed E-state index contributed by atoms with van der Waals surface area (Å²) in [4.78, 5) is 4.31. The number of rotatable bonds is 2. The minimum Gasteiger partial charge on any atom is -0.476 e. The fraction of sp³-hybridized carbons (Fsp3) is 0.357. The maximum Gasteiger partial charge on any atom is 0.216 e. The highest BCUT2D eigenvalue weighted by Crippen LogP contribution is 2.15. The third-order valence-corrected chi connectivity index (χ3v) is 3.09. The molecule has 2 heterocycles. The fourth-order valence-corrected chi connectivity index (χ4v) is 2.18. The third kappa shape index (κ3) is 2.39. The lowest BCUT2D eigenvalue weighted by atomic mass is 10.1. The van der Waals surface area contributed by atoms with E-state index < -0.39 is 0 Å². The number of benzene rings is 1. The van der Waals surface area contributed by atoms with Crippen LogP contribution in [0.4, 0.5) is 0 Å². The molecule has 2 aliphatic rings. The van der Waals surface area contributed by atoms with Crippen LogP contribution in [0.15, 0.2) is 34.8 Å². The molecule has 3 rings (SSSR count). The second kappa shape index (κ2) is 4.72. The highest BCUT2D eigenvalue weighted by atomic mass is 16.5. The molecule has 1 aromatic carbocycles. The lowest BCUT2D eigenvalue weighted by molar-refractivity contribution is 0.348. The molecule has 1 N–H and O–H groups in total. The molecule has 0 unspecified atom stereocenters. The minimum atomic E-state index is 0.715. The predicted octanol–water partition coefficient (Wildman–Crippen LogP) is 1.84. The summed E-state index contributed by atoms with van der Waals surface area (Å²) in [6.45, 7) is 3.63. The maximum atomic E-state index is 5.44. The van der Waals surface area contributed by atoms with E-state index in [1.165, 1.54) is 11.1 Å². The molecule has 17 heavy (non-hydrogen) atoms. The van der Waals surface area contributed by atoms with Gasteiger partial charge in [-0.3, -0.25) is 0 Å². The topological polar surface area (TPSA) is 33.6 Å². The van der Waals surface area contributed by atoms with E-state index >= 15 is 0 Å². The summed E-state index contributed by atoms with van der Waals surface area (Å²) < 4.78 is 5.44. The SMILES string of the molecule is C(=C1CCNC1)c1ccc(C2=NCCO2)cc1. The monoisotopic (exact) mass is 228 g/mol. The minimum absolute atomic E-state index is 0.715. The highest BCUT2D eigenvalue weighted by molar-refractivity contribution is 5.95. The Morgan fingerprint density at radius 3 is 2.76 bits per heavy atom. The van der Waals surface area contributed by atoms with E-state index in [0.717, 1.165) is 37.5 Å². The van der Waals surface area contributed by atoms with Gasteiger partial charge in [0.2, 0.25) is 5.90 Å². The molecule has 0 radical (unpaired) electrons. The quantitative estimate of drug-likeness (QED) is 0.838. The predicted molar refractivity (Wildman–Crippen MR) is 69.3 cm³/mol. The summed E-state index contributed by atoms with van der Waals surface area (Å²) in [7, 11) is 0. The first-order valence-electron chi connectivity index (χ1n) is 6.10. The average Bonchev–Trinajstić information content (AvgIpc) is 3.01. The molecule has 0 saturated carbocycles. The molecular weight excluding hydrogens is 212 g/mol. The van der Waals surface area contributed by atoms with Crippen molar-refractivity contribution in [3.63, 3.8) is 0 Å². The Balaban J connectivity index is 1.77. The summed E-state index contributed by atoms with van der Waals surface area (Å²) in [6, 6.07) is 8.42. The number of ether oxygens (including phenoxy) is 1. The second-order valence-corrected chi connectivity index (χ2v) is 4.39. The Bertz CT molecular complexity index is 452. The molecular formula is C14H16N2O. The molecule has 2 aliphatic heterocycles. The van der Waals surface area contributed by atoms with Gasteiger partial charge >= 0.3 is 0 Å². The van der Waals surface area contributed by atoms with Gasteiger partial charge in [0.05, 0.1) is 6.54 Å². The molecule has 88 valence electrons. The molecule has 0 aromatic heterocycles. The van der Waals surface area contributed by atoms with Gasteiger partial charge in [0.15, 0.2) is 0 Å². The number of nitrogens with zero attached hydrogens (tertiary/aromatic N) is 1. The smallest absolute Gasteiger partial charge is 0.216 e. The van der Waals surface area contributed by atoms with Crippen LogP contribution in [0.25, 0.3) is 6.08 Å². The van der Waals surface area contributed by atoms with Crippen molar-refractivity contribution in [2.75, 3.05) is 26.2 Å². The molecule has 0 aliphatic carbocycles. The second-order valence-electron chi connectivity index (χ2n) is 4.39. The lowest BCUT2D eigenvalue weighted by Gasteiger charge is -2.02. The lowest BCUT2D eigenvalue weighted by Crippen LogP contribution is -2.04. The third-order valence-electron chi connectivity index (χ3n) is 3.09. The molecule has 1 aromatic rings. The number of aliphatic imine (C=N–C) groups is 1. The van der Waals surface area contributed by atoms with Gasteiger partial charge in [-0.2, -0.15) is 0 Å².